The average Bonchev–Trinajstić information content (AvgIpc) is 2.49. The lowest BCUT2D eigenvalue weighted by Crippen LogP contribution is -2.22. The number of aromatic nitrogens is 3. The van der Waals surface area contributed by atoms with E-state index in [2.05, 4.69) is 36.3 Å². The Morgan fingerprint density at radius 2 is 2.05 bits per heavy atom. The van der Waals surface area contributed by atoms with E-state index in [1.165, 1.54) is 0 Å². The molecule has 1 aromatic heterocycles. The van der Waals surface area contributed by atoms with Gasteiger partial charge in [0, 0.05) is 18.1 Å². The molecule has 0 amide bonds. The summed E-state index contributed by atoms with van der Waals surface area (Å²) < 4.78 is 6.35. The molecule has 0 unspecified atom stereocenters. The van der Waals surface area contributed by atoms with Crippen molar-refractivity contribution in [3.05, 3.63) is 34.3 Å². The Kier molecular flexibility index (Phi) is 5.29. The number of hydrogen-bond donors (Lipinski definition) is 2. The van der Waals surface area contributed by atoms with Gasteiger partial charge in [-0.1, -0.05) is 34.1 Å². The van der Waals surface area contributed by atoms with Crippen molar-refractivity contribution < 1.29 is 4.74 Å². The number of rotatable bonds is 6. The molecule has 3 N–H and O–H groups in total. The fraction of sp³-hybridized carbons (Fsp3) is 0.308. The summed E-state index contributed by atoms with van der Waals surface area (Å²) in [6.45, 7) is 2.98. The Morgan fingerprint density at radius 1 is 1.29 bits per heavy atom. The van der Waals surface area contributed by atoms with Gasteiger partial charge < -0.3 is 9.64 Å². The summed E-state index contributed by atoms with van der Waals surface area (Å²) in [4.78, 5) is 14.4. The highest BCUT2D eigenvalue weighted by atomic mass is 79.9. The van der Waals surface area contributed by atoms with E-state index in [4.69, 9.17) is 10.6 Å². The number of anilines is 2. The van der Waals surface area contributed by atoms with Gasteiger partial charge in [0.05, 0.1) is 6.61 Å². The Morgan fingerprint density at radius 3 is 2.71 bits per heavy atom. The number of ether oxygens (including phenoxy) is 1. The number of nitrogens with zero attached hydrogens (tertiary/aromatic N) is 4. The quantitative estimate of drug-likeness (QED) is 0.606. The smallest absolute Gasteiger partial charge is 0.323 e. The van der Waals surface area contributed by atoms with Crippen LogP contribution in [0.1, 0.15) is 12.5 Å². The van der Waals surface area contributed by atoms with Gasteiger partial charge in [0.2, 0.25) is 11.9 Å². The Labute approximate surface area is 131 Å². The number of nitrogen functional groups attached to an aromatic ring is 1. The summed E-state index contributed by atoms with van der Waals surface area (Å²) in [5.74, 6) is 6.13. The van der Waals surface area contributed by atoms with Crippen molar-refractivity contribution in [2.24, 2.45) is 5.84 Å². The van der Waals surface area contributed by atoms with Crippen LogP contribution in [0.5, 0.6) is 6.01 Å². The van der Waals surface area contributed by atoms with Gasteiger partial charge in [-0.05, 0) is 18.6 Å². The number of halogens is 1. The molecule has 0 atom stereocenters. The van der Waals surface area contributed by atoms with Gasteiger partial charge in [0.1, 0.15) is 0 Å². The minimum Gasteiger partial charge on any atom is -0.464 e. The second kappa shape index (κ2) is 7.19. The molecule has 21 heavy (non-hydrogen) atoms. The molecule has 0 saturated carbocycles. The molecular formula is C13H17BrN6O. The molecular weight excluding hydrogens is 336 g/mol. The van der Waals surface area contributed by atoms with Crippen molar-refractivity contribution >= 4 is 27.8 Å². The van der Waals surface area contributed by atoms with Gasteiger partial charge in [0.15, 0.2) is 0 Å². The van der Waals surface area contributed by atoms with E-state index >= 15 is 0 Å². The average molecular weight is 353 g/mol. The lowest BCUT2D eigenvalue weighted by molar-refractivity contribution is 0.312. The molecule has 1 aromatic carbocycles. The van der Waals surface area contributed by atoms with Gasteiger partial charge in [-0.15, -0.1) is 0 Å². The van der Waals surface area contributed by atoms with Crippen molar-refractivity contribution in [2.45, 2.75) is 13.5 Å². The Bertz CT molecular complexity index is 609. The largest absolute Gasteiger partial charge is 0.464 e. The molecule has 0 spiro atoms. The third-order valence-electron chi connectivity index (χ3n) is 2.71. The zero-order valence-electron chi connectivity index (χ0n) is 11.9. The van der Waals surface area contributed by atoms with Gasteiger partial charge in [0.25, 0.3) is 0 Å². The van der Waals surface area contributed by atoms with Crippen LogP contribution in [-0.4, -0.2) is 28.6 Å². The van der Waals surface area contributed by atoms with Crippen LogP contribution in [0.25, 0.3) is 0 Å². The highest BCUT2D eigenvalue weighted by Crippen LogP contribution is 2.20. The zero-order valence-corrected chi connectivity index (χ0v) is 13.5. The van der Waals surface area contributed by atoms with Crippen molar-refractivity contribution in [2.75, 3.05) is 24.0 Å². The van der Waals surface area contributed by atoms with Crippen LogP contribution < -0.4 is 20.9 Å². The molecule has 0 aliphatic heterocycles. The van der Waals surface area contributed by atoms with Crippen LogP contribution in [0.3, 0.4) is 0 Å². The van der Waals surface area contributed by atoms with Gasteiger partial charge in [-0.2, -0.15) is 15.0 Å². The molecule has 2 rings (SSSR count). The first-order valence-electron chi connectivity index (χ1n) is 6.44. The zero-order chi connectivity index (χ0) is 15.2. The fourth-order valence-electron chi connectivity index (χ4n) is 1.73. The van der Waals surface area contributed by atoms with E-state index in [9.17, 15) is 0 Å². The number of hydrazine groups is 1. The van der Waals surface area contributed by atoms with E-state index in [1.807, 2.05) is 43.1 Å². The predicted octanol–water partition coefficient (Wildman–Crippen LogP) is 1.95. The highest BCUT2D eigenvalue weighted by Gasteiger charge is 2.12. The van der Waals surface area contributed by atoms with Crippen molar-refractivity contribution in [3.63, 3.8) is 0 Å². The van der Waals surface area contributed by atoms with Crippen LogP contribution in [0, 0.1) is 0 Å². The van der Waals surface area contributed by atoms with E-state index < -0.39 is 0 Å². The highest BCUT2D eigenvalue weighted by molar-refractivity contribution is 9.10. The van der Waals surface area contributed by atoms with Crippen molar-refractivity contribution in [1.29, 1.82) is 0 Å². The normalized spacial score (nSPS) is 10.3. The molecule has 7 nitrogen and oxygen atoms in total. The molecule has 8 heteroatoms. The molecule has 112 valence electrons. The summed E-state index contributed by atoms with van der Waals surface area (Å²) >= 11 is 3.53. The number of hydrogen-bond acceptors (Lipinski definition) is 7. The first kappa shape index (κ1) is 15.5. The molecule has 0 aliphatic carbocycles. The number of nitrogens with one attached hydrogen (secondary N) is 1. The summed E-state index contributed by atoms with van der Waals surface area (Å²) in [6, 6.07) is 8.23. The van der Waals surface area contributed by atoms with E-state index in [0.29, 0.717) is 19.1 Å². The number of benzene rings is 1. The maximum atomic E-state index is 5.38. The predicted molar refractivity (Wildman–Crippen MR) is 85.1 cm³/mol. The summed E-state index contributed by atoms with van der Waals surface area (Å²) in [5, 5.41) is 0. The summed E-state index contributed by atoms with van der Waals surface area (Å²) in [7, 11) is 1.89. The minimum absolute atomic E-state index is 0.245. The Hall–Kier alpha value is -1.93. The van der Waals surface area contributed by atoms with Crippen LogP contribution in [0.2, 0.25) is 0 Å². The molecule has 1 heterocycles. The monoisotopic (exact) mass is 352 g/mol. The van der Waals surface area contributed by atoms with E-state index in [0.717, 1.165) is 10.0 Å². The fourth-order valence-corrected chi connectivity index (χ4v) is 2.14. The van der Waals surface area contributed by atoms with Gasteiger partial charge in [-0.25, -0.2) is 5.84 Å². The summed E-state index contributed by atoms with van der Waals surface area (Å²) in [6.07, 6.45) is 0. The maximum Gasteiger partial charge on any atom is 0.323 e. The molecule has 0 bridgehead atoms. The molecule has 2 aromatic rings. The van der Waals surface area contributed by atoms with E-state index in [1.54, 1.807) is 0 Å². The van der Waals surface area contributed by atoms with Gasteiger partial charge >= 0.3 is 6.01 Å². The van der Waals surface area contributed by atoms with Crippen LogP contribution in [-0.2, 0) is 6.54 Å². The van der Waals surface area contributed by atoms with Crippen molar-refractivity contribution in [1.82, 2.24) is 15.0 Å². The first-order chi connectivity index (χ1) is 10.1. The SMILES string of the molecule is CCOc1nc(NN)nc(N(C)Cc2ccccc2Br)n1. The molecule has 0 saturated heterocycles. The standard InChI is InChI=1S/C13H17BrN6O/c1-3-21-13-17-11(19-15)16-12(18-13)20(2)8-9-6-4-5-7-10(9)14/h4-7H,3,8,15H2,1-2H3,(H,16,17,18,19). The van der Waals surface area contributed by atoms with Crippen molar-refractivity contribution in [3.8, 4) is 6.01 Å². The second-order valence-electron chi connectivity index (χ2n) is 4.27. The van der Waals surface area contributed by atoms with Crippen LogP contribution >= 0.6 is 15.9 Å². The Balaban J connectivity index is 2.23. The lowest BCUT2D eigenvalue weighted by Gasteiger charge is -2.18. The third-order valence-corrected chi connectivity index (χ3v) is 3.49. The molecule has 0 radical (unpaired) electrons. The van der Waals surface area contributed by atoms with E-state index in [-0.39, 0.29) is 12.0 Å². The third kappa shape index (κ3) is 4.02. The number of nitrogens with two attached hydrogens (primary N) is 1. The topological polar surface area (TPSA) is 89.2 Å². The molecule has 0 fully saturated rings. The van der Waals surface area contributed by atoms with Gasteiger partial charge in [-0.3, -0.25) is 5.43 Å². The minimum atomic E-state index is 0.245. The maximum absolute atomic E-state index is 5.38. The van der Waals surface area contributed by atoms with Crippen LogP contribution in [0.4, 0.5) is 11.9 Å². The summed E-state index contributed by atoms with van der Waals surface area (Å²) in [5.41, 5.74) is 3.54. The lowest BCUT2D eigenvalue weighted by atomic mass is 10.2. The first-order valence-corrected chi connectivity index (χ1v) is 7.23. The second-order valence-corrected chi connectivity index (χ2v) is 5.12. The molecule has 0 aliphatic rings. The van der Waals surface area contributed by atoms with Crippen LogP contribution in [0.15, 0.2) is 28.7 Å².